The molecule has 0 bridgehead atoms. The molecule has 7 rings (SSSR count). The number of aromatic nitrogens is 1. The van der Waals surface area contributed by atoms with Crippen LogP contribution in [0.5, 0.6) is 5.75 Å². The minimum Gasteiger partial charge on any atom is -0.494 e. The summed E-state index contributed by atoms with van der Waals surface area (Å²) in [5.74, 6) is 7.40. The van der Waals surface area contributed by atoms with Gasteiger partial charge >= 0.3 is 8.80 Å². The zero-order chi connectivity index (χ0) is 39.1. The second-order valence-corrected chi connectivity index (χ2v) is 18.4. The molecule has 0 N–H and O–H groups in total. The number of ether oxygens (including phenoxy) is 1. The first-order chi connectivity index (χ1) is 27.4. The van der Waals surface area contributed by atoms with E-state index in [2.05, 4.69) is 105 Å². The van der Waals surface area contributed by atoms with Gasteiger partial charge in [0.25, 0.3) is 0 Å². The van der Waals surface area contributed by atoms with Crippen LogP contribution in [-0.2, 0) is 19.8 Å². The molecule has 0 aliphatic heterocycles. The minimum atomic E-state index is -3.02. The van der Waals surface area contributed by atoms with Crippen LogP contribution in [0.1, 0.15) is 68.5 Å². The van der Waals surface area contributed by atoms with E-state index in [1.54, 1.807) is 28.7 Å². The fraction of sp³-hybridized carbons (Fsp3) is 0.277. The van der Waals surface area contributed by atoms with E-state index in [4.69, 9.17) is 18.0 Å². The van der Waals surface area contributed by atoms with Gasteiger partial charge in [0.05, 0.1) is 18.0 Å². The van der Waals surface area contributed by atoms with E-state index in [-0.39, 0.29) is 5.82 Å². The highest BCUT2D eigenvalue weighted by molar-refractivity contribution is 7.24. The number of nitrogens with zero attached hydrogens (tertiary/aromatic N) is 1. The Morgan fingerprint density at radius 3 is 2.04 bits per heavy atom. The summed E-state index contributed by atoms with van der Waals surface area (Å²) < 4.78 is 42.0. The maximum absolute atomic E-state index is 14.8. The number of halogens is 1. The number of fused-ring (bicyclic) bond motifs is 3. The summed E-state index contributed by atoms with van der Waals surface area (Å²) in [6.45, 7) is 13.3. The Morgan fingerprint density at radius 1 is 0.679 bits per heavy atom. The van der Waals surface area contributed by atoms with E-state index in [1.165, 1.54) is 26.3 Å². The van der Waals surface area contributed by atoms with Gasteiger partial charge in [0, 0.05) is 72.6 Å². The molecule has 56 heavy (non-hydrogen) atoms. The van der Waals surface area contributed by atoms with Crippen molar-refractivity contribution >= 4 is 58.5 Å². The Hall–Kier alpha value is -4.53. The maximum Gasteiger partial charge on any atom is 0.537 e. The summed E-state index contributed by atoms with van der Waals surface area (Å²) in [4.78, 5) is 4.66. The quantitative estimate of drug-likeness (QED) is 0.0721. The number of rotatable bonds is 16. The van der Waals surface area contributed by atoms with Crippen LogP contribution < -0.4 is 9.92 Å². The molecule has 0 saturated carbocycles. The molecule has 288 valence electrons. The normalized spacial score (nSPS) is 11.7. The van der Waals surface area contributed by atoms with Crippen LogP contribution in [0.25, 0.3) is 42.0 Å². The second-order valence-electron chi connectivity index (χ2n) is 13.7. The predicted octanol–water partition coefficient (Wildman–Crippen LogP) is 12.0. The van der Waals surface area contributed by atoms with Gasteiger partial charge in [-0.15, -0.1) is 22.7 Å². The zero-order valence-corrected chi connectivity index (χ0v) is 35.4. The monoisotopic (exact) mass is 801 g/mol. The zero-order valence-electron chi connectivity index (χ0n) is 32.7. The first kappa shape index (κ1) is 39.7. The highest BCUT2D eigenvalue weighted by atomic mass is 32.1. The van der Waals surface area contributed by atoms with Gasteiger partial charge < -0.3 is 22.6 Å². The molecular formula is C47H48FNO4S2Si. The fourth-order valence-electron chi connectivity index (χ4n) is 6.83. The van der Waals surface area contributed by atoms with Crippen LogP contribution in [0.4, 0.5) is 4.39 Å². The van der Waals surface area contributed by atoms with Crippen molar-refractivity contribution in [3.63, 3.8) is 0 Å². The Balaban J connectivity index is 1.15. The molecule has 0 aliphatic rings. The van der Waals surface area contributed by atoms with Gasteiger partial charge in [0.15, 0.2) is 0 Å². The number of aryl methyl sites for hydroxylation is 1. The van der Waals surface area contributed by atoms with Gasteiger partial charge in [-0.05, 0) is 111 Å². The maximum atomic E-state index is 14.8. The second kappa shape index (κ2) is 18.2. The summed E-state index contributed by atoms with van der Waals surface area (Å²) >= 11 is 3.51. The SMILES string of the molecule is CCCO[Si](OCCC)(OCCC)c1ccc(C#Cc2ccc(-c3sc(-c4ccc5c(c4)c4cc(OCC)ccc4n5Cc4ccccc4F)cc3C)s2)cc1. The van der Waals surface area contributed by atoms with Crippen LogP contribution in [0.2, 0.25) is 0 Å². The molecule has 0 saturated heterocycles. The van der Waals surface area contributed by atoms with E-state index in [0.717, 1.165) is 68.0 Å². The lowest BCUT2D eigenvalue weighted by Gasteiger charge is -2.29. The molecular weight excluding hydrogens is 754 g/mol. The third kappa shape index (κ3) is 8.57. The van der Waals surface area contributed by atoms with Crippen LogP contribution in [-0.4, -0.2) is 39.8 Å². The Morgan fingerprint density at radius 2 is 1.36 bits per heavy atom. The van der Waals surface area contributed by atoms with Crippen molar-refractivity contribution in [1.82, 2.24) is 4.57 Å². The molecule has 5 nitrogen and oxygen atoms in total. The smallest absolute Gasteiger partial charge is 0.494 e. The highest BCUT2D eigenvalue weighted by Gasteiger charge is 2.43. The van der Waals surface area contributed by atoms with Gasteiger partial charge in [-0.3, -0.25) is 0 Å². The van der Waals surface area contributed by atoms with Gasteiger partial charge in [-0.25, -0.2) is 4.39 Å². The molecule has 0 amide bonds. The van der Waals surface area contributed by atoms with E-state index < -0.39 is 8.80 Å². The molecule has 3 aromatic heterocycles. The molecule has 0 fully saturated rings. The van der Waals surface area contributed by atoms with Crippen LogP contribution in [0.15, 0.2) is 103 Å². The molecule has 0 atom stereocenters. The molecule has 0 spiro atoms. The third-order valence-electron chi connectivity index (χ3n) is 9.52. The summed E-state index contributed by atoms with van der Waals surface area (Å²) in [7, 11) is -3.02. The summed E-state index contributed by atoms with van der Waals surface area (Å²) in [6.07, 6.45) is 2.70. The average molecular weight is 802 g/mol. The lowest BCUT2D eigenvalue weighted by molar-refractivity contribution is 0.0732. The van der Waals surface area contributed by atoms with Crippen LogP contribution in [0, 0.1) is 24.6 Å². The number of hydrogen-bond acceptors (Lipinski definition) is 6. The van der Waals surface area contributed by atoms with Crippen molar-refractivity contribution in [2.45, 2.75) is 60.4 Å². The first-order valence-electron chi connectivity index (χ1n) is 19.5. The number of hydrogen-bond donors (Lipinski definition) is 0. The lowest BCUT2D eigenvalue weighted by Crippen LogP contribution is -2.57. The number of thiophene rings is 2. The van der Waals surface area contributed by atoms with Crippen LogP contribution >= 0.6 is 22.7 Å². The van der Waals surface area contributed by atoms with Crippen molar-refractivity contribution in [3.8, 4) is 37.8 Å². The van der Waals surface area contributed by atoms with Crippen molar-refractivity contribution in [2.24, 2.45) is 0 Å². The molecule has 0 unspecified atom stereocenters. The standard InChI is InChI=1S/C47H48FNO4S2Si/c1-6-26-51-56(52-27-7-2,53-28-8-3)39-21-15-34(16-22-39)14-19-38-20-25-45(54-38)47-33(5)29-46(55-47)35-17-23-43-40(30-35)41-31-37(50-9-4)18-24-44(41)49(43)32-36-12-10-11-13-42(36)48/h10-13,15-18,20-25,29-31H,6-9,26-28,32H2,1-5H3. The first-order valence-corrected chi connectivity index (χ1v) is 22.9. The van der Waals surface area contributed by atoms with E-state index in [9.17, 15) is 4.39 Å². The molecule has 7 aromatic rings. The van der Waals surface area contributed by atoms with Gasteiger partial charge in [0.2, 0.25) is 0 Å². The Kier molecular flexibility index (Phi) is 12.9. The minimum absolute atomic E-state index is 0.198. The molecule has 4 aromatic carbocycles. The van der Waals surface area contributed by atoms with Gasteiger partial charge in [-0.2, -0.15) is 0 Å². The Labute approximate surface area is 339 Å². The van der Waals surface area contributed by atoms with Crippen molar-refractivity contribution in [3.05, 3.63) is 131 Å². The summed E-state index contributed by atoms with van der Waals surface area (Å²) in [5.41, 5.74) is 6.08. The molecule has 0 radical (unpaired) electrons. The summed E-state index contributed by atoms with van der Waals surface area (Å²) in [5, 5.41) is 3.19. The molecule has 9 heteroatoms. The van der Waals surface area contributed by atoms with Crippen molar-refractivity contribution in [2.75, 3.05) is 26.4 Å². The summed E-state index contributed by atoms with van der Waals surface area (Å²) in [6, 6.07) is 34.6. The largest absolute Gasteiger partial charge is 0.537 e. The van der Waals surface area contributed by atoms with Gasteiger partial charge in [0.1, 0.15) is 11.6 Å². The predicted molar refractivity (Wildman–Crippen MR) is 234 cm³/mol. The average Bonchev–Trinajstić information content (AvgIpc) is 3.93. The third-order valence-corrected chi connectivity index (χ3v) is 14.8. The number of benzene rings is 4. The Bertz CT molecular complexity index is 2470. The lowest BCUT2D eigenvalue weighted by atomic mass is 10.1. The van der Waals surface area contributed by atoms with E-state index in [0.29, 0.717) is 38.5 Å². The van der Waals surface area contributed by atoms with Crippen molar-refractivity contribution in [1.29, 1.82) is 0 Å². The highest BCUT2D eigenvalue weighted by Crippen LogP contribution is 2.42. The van der Waals surface area contributed by atoms with E-state index >= 15 is 0 Å². The topological polar surface area (TPSA) is 41.9 Å². The van der Waals surface area contributed by atoms with Gasteiger partial charge in [-0.1, -0.05) is 69.0 Å². The fourth-order valence-corrected chi connectivity index (χ4v) is 11.8. The van der Waals surface area contributed by atoms with E-state index in [1.807, 2.05) is 37.3 Å². The molecule has 0 aliphatic carbocycles. The van der Waals surface area contributed by atoms with Crippen LogP contribution in [0.3, 0.4) is 0 Å². The molecule has 3 heterocycles. The van der Waals surface area contributed by atoms with Crippen molar-refractivity contribution < 1.29 is 22.4 Å².